The quantitative estimate of drug-likeness (QED) is 0.348. The van der Waals surface area contributed by atoms with E-state index in [0.29, 0.717) is 47.8 Å². The van der Waals surface area contributed by atoms with Crippen LogP contribution in [0.2, 0.25) is 0 Å². The van der Waals surface area contributed by atoms with Gasteiger partial charge in [-0.05, 0) is 24.1 Å². The highest BCUT2D eigenvalue weighted by molar-refractivity contribution is 7.23. The van der Waals surface area contributed by atoms with E-state index >= 15 is 0 Å². The summed E-state index contributed by atoms with van der Waals surface area (Å²) >= 11 is 2.95. The van der Waals surface area contributed by atoms with Crippen molar-refractivity contribution in [3.63, 3.8) is 0 Å². The molecule has 11 heteroatoms. The fourth-order valence-electron chi connectivity index (χ4n) is 4.06. The van der Waals surface area contributed by atoms with Crippen LogP contribution in [-0.2, 0) is 11.2 Å². The van der Waals surface area contributed by atoms with Crippen LogP contribution in [0.25, 0.3) is 21.1 Å². The van der Waals surface area contributed by atoms with Crippen LogP contribution in [-0.4, -0.2) is 36.2 Å². The molecule has 2 aromatic heterocycles. The fraction of sp³-hybridized carbons (Fsp3) is 0.208. The van der Waals surface area contributed by atoms with E-state index in [1.807, 2.05) is 29.6 Å². The van der Waals surface area contributed by atoms with Crippen LogP contribution in [0.5, 0.6) is 17.2 Å². The molecule has 1 amide bonds. The lowest BCUT2D eigenvalue weighted by Gasteiger charge is -2.21. The molecule has 2 aliphatic heterocycles. The molecule has 0 unspecified atom stereocenters. The molecule has 4 N–H and O–H groups in total. The van der Waals surface area contributed by atoms with Gasteiger partial charge >= 0.3 is 0 Å². The highest BCUT2D eigenvalue weighted by Gasteiger charge is 2.21. The summed E-state index contributed by atoms with van der Waals surface area (Å²) in [5.41, 5.74) is 10.9. The van der Waals surface area contributed by atoms with E-state index in [0.717, 1.165) is 44.5 Å². The van der Waals surface area contributed by atoms with Gasteiger partial charge in [0.1, 0.15) is 28.9 Å². The molecular weight excluding hydrogens is 486 g/mol. The maximum atomic E-state index is 11.6. The third-order valence-corrected chi connectivity index (χ3v) is 7.71. The number of nitrogens with two attached hydrogens (primary N) is 1. The molecule has 0 atom stereocenters. The average Bonchev–Trinajstić information content (AvgIpc) is 3.49. The second kappa shape index (κ2) is 8.75. The lowest BCUT2D eigenvalue weighted by molar-refractivity contribution is -0.116. The zero-order chi connectivity index (χ0) is 23.9. The molecule has 2 aromatic carbocycles. The largest absolute Gasteiger partial charge is 0.493 e. The molecule has 0 bridgehead atoms. The third-order valence-electron chi connectivity index (χ3n) is 5.73. The number of thiazole rings is 2. The Kier molecular flexibility index (Phi) is 5.42. The van der Waals surface area contributed by atoms with Gasteiger partial charge in [0, 0.05) is 40.9 Å². The van der Waals surface area contributed by atoms with Crippen LogP contribution in [0, 0.1) is 0 Å². The van der Waals surface area contributed by atoms with Gasteiger partial charge < -0.3 is 30.6 Å². The number of nitrogens with one attached hydrogen (secondary N) is 2. The van der Waals surface area contributed by atoms with Gasteiger partial charge in [-0.15, -0.1) is 11.3 Å². The van der Waals surface area contributed by atoms with E-state index in [4.69, 9.17) is 24.9 Å². The number of amides is 1. The summed E-state index contributed by atoms with van der Waals surface area (Å²) in [6.07, 6.45) is 1.23. The number of benzene rings is 2. The van der Waals surface area contributed by atoms with Crippen LogP contribution < -0.4 is 30.6 Å². The van der Waals surface area contributed by atoms with Crippen molar-refractivity contribution in [1.82, 2.24) is 9.97 Å². The van der Waals surface area contributed by atoms with Crippen LogP contribution in [0.1, 0.15) is 12.0 Å². The minimum absolute atomic E-state index is 0.0565. The molecular formula is C24H21N5O4S2. The molecule has 9 nitrogen and oxygen atoms in total. The van der Waals surface area contributed by atoms with Gasteiger partial charge in [-0.2, -0.15) is 0 Å². The number of hydrogen-bond acceptors (Lipinski definition) is 10. The summed E-state index contributed by atoms with van der Waals surface area (Å²) in [6.45, 7) is 0.972. The molecule has 178 valence electrons. The molecule has 4 heterocycles. The smallest absolute Gasteiger partial charge is 0.224 e. The molecule has 35 heavy (non-hydrogen) atoms. The predicted molar refractivity (Wildman–Crippen MR) is 137 cm³/mol. The summed E-state index contributed by atoms with van der Waals surface area (Å²) in [6, 6.07) is 9.69. The Morgan fingerprint density at radius 2 is 2.03 bits per heavy atom. The molecule has 0 radical (unpaired) electrons. The SMILES string of the molecule is COc1cc(Nc2nc(N)c(-c3nc(-c4ccc5c(c4)CCC(=O)N5)cs3)s2)cc2c1OCCO2. The van der Waals surface area contributed by atoms with Crippen LogP contribution in [0.15, 0.2) is 35.7 Å². The Hall–Kier alpha value is -3.83. The number of methoxy groups -OCH3 is 1. The normalized spacial score (nSPS) is 14.3. The number of fused-ring (bicyclic) bond motifs is 2. The number of aromatic nitrogens is 2. The first kappa shape index (κ1) is 21.7. The van der Waals surface area contributed by atoms with E-state index in [9.17, 15) is 4.79 Å². The van der Waals surface area contributed by atoms with Gasteiger partial charge in [0.25, 0.3) is 0 Å². The van der Waals surface area contributed by atoms with E-state index < -0.39 is 0 Å². The summed E-state index contributed by atoms with van der Waals surface area (Å²) in [7, 11) is 1.59. The Bertz CT molecular complexity index is 1430. The Morgan fingerprint density at radius 1 is 1.14 bits per heavy atom. The molecule has 0 saturated heterocycles. The highest BCUT2D eigenvalue weighted by Crippen LogP contribution is 2.44. The van der Waals surface area contributed by atoms with Crippen molar-refractivity contribution in [3.05, 3.63) is 41.3 Å². The predicted octanol–water partition coefficient (Wildman–Crippen LogP) is 4.92. The number of anilines is 4. The first-order valence-corrected chi connectivity index (χ1v) is 12.7. The summed E-state index contributed by atoms with van der Waals surface area (Å²) in [5, 5.41) is 9.65. The lowest BCUT2D eigenvalue weighted by atomic mass is 9.99. The Labute approximate surface area is 208 Å². The zero-order valence-corrected chi connectivity index (χ0v) is 20.3. The van der Waals surface area contributed by atoms with Gasteiger partial charge in [-0.25, -0.2) is 9.97 Å². The Morgan fingerprint density at radius 3 is 2.91 bits per heavy atom. The van der Waals surface area contributed by atoms with Crippen molar-refractivity contribution in [3.8, 4) is 38.4 Å². The summed E-state index contributed by atoms with van der Waals surface area (Å²) < 4.78 is 16.8. The van der Waals surface area contributed by atoms with Crippen molar-refractivity contribution in [2.24, 2.45) is 0 Å². The van der Waals surface area contributed by atoms with Crippen molar-refractivity contribution >= 4 is 50.9 Å². The average molecular weight is 508 g/mol. The second-order valence-corrected chi connectivity index (χ2v) is 9.88. The summed E-state index contributed by atoms with van der Waals surface area (Å²) in [5.74, 6) is 2.28. The monoisotopic (exact) mass is 507 g/mol. The van der Waals surface area contributed by atoms with Crippen LogP contribution in [0.4, 0.5) is 22.3 Å². The minimum Gasteiger partial charge on any atom is -0.493 e. The second-order valence-electron chi connectivity index (χ2n) is 8.02. The van der Waals surface area contributed by atoms with Gasteiger partial charge in [0.05, 0.1) is 12.8 Å². The zero-order valence-electron chi connectivity index (χ0n) is 18.7. The highest BCUT2D eigenvalue weighted by atomic mass is 32.1. The standard InChI is InChI=1S/C24H21N5O4S2/c1-31-17-9-14(10-18-20(17)33-7-6-32-18)26-24-29-22(25)21(35-24)23-28-16(11-34-23)13-2-4-15-12(8-13)3-5-19(30)27-15/h2,4,8-11H,3,5-7,25H2,1H3,(H,26,29)(H,27,30). The molecule has 0 aliphatic carbocycles. The van der Waals surface area contributed by atoms with Crippen molar-refractivity contribution in [1.29, 1.82) is 0 Å². The molecule has 4 aromatic rings. The van der Waals surface area contributed by atoms with E-state index in [1.165, 1.54) is 22.7 Å². The van der Waals surface area contributed by atoms with Gasteiger partial charge in [-0.1, -0.05) is 17.4 Å². The number of rotatable bonds is 5. The number of nitrogen functional groups attached to an aromatic ring is 1. The Balaban J connectivity index is 1.25. The molecule has 0 saturated carbocycles. The molecule has 0 fully saturated rings. The number of carbonyl (C=O) groups excluding carboxylic acids is 1. The third kappa shape index (κ3) is 4.13. The van der Waals surface area contributed by atoms with Crippen LogP contribution in [0.3, 0.4) is 0 Å². The number of hydrogen-bond donors (Lipinski definition) is 3. The van der Waals surface area contributed by atoms with Crippen LogP contribution >= 0.6 is 22.7 Å². The summed E-state index contributed by atoms with van der Waals surface area (Å²) in [4.78, 5) is 21.7. The maximum absolute atomic E-state index is 11.6. The van der Waals surface area contributed by atoms with Crippen molar-refractivity contribution in [2.45, 2.75) is 12.8 Å². The number of ether oxygens (including phenoxy) is 3. The first-order valence-electron chi connectivity index (χ1n) is 11.0. The molecule has 0 spiro atoms. The maximum Gasteiger partial charge on any atom is 0.224 e. The van der Waals surface area contributed by atoms with Crippen molar-refractivity contribution in [2.75, 3.05) is 36.7 Å². The van der Waals surface area contributed by atoms with E-state index in [1.54, 1.807) is 7.11 Å². The number of aryl methyl sites for hydroxylation is 1. The topological polar surface area (TPSA) is 121 Å². The number of carbonyl (C=O) groups is 1. The van der Waals surface area contributed by atoms with E-state index in [2.05, 4.69) is 21.7 Å². The van der Waals surface area contributed by atoms with E-state index in [-0.39, 0.29) is 5.91 Å². The molecule has 6 rings (SSSR count). The van der Waals surface area contributed by atoms with Gasteiger partial charge in [0.2, 0.25) is 11.7 Å². The number of nitrogens with zero attached hydrogens (tertiary/aromatic N) is 2. The van der Waals surface area contributed by atoms with Gasteiger partial charge in [0.15, 0.2) is 16.6 Å². The minimum atomic E-state index is 0.0565. The fourth-order valence-corrected chi connectivity index (χ4v) is 5.89. The van der Waals surface area contributed by atoms with Crippen molar-refractivity contribution < 1.29 is 19.0 Å². The first-order chi connectivity index (χ1) is 17.1. The lowest BCUT2D eigenvalue weighted by Crippen LogP contribution is -2.18. The van der Waals surface area contributed by atoms with Gasteiger partial charge in [-0.3, -0.25) is 4.79 Å². The molecule has 2 aliphatic rings.